The van der Waals surface area contributed by atoms with Crippen molar-refractivity contribution >= 4 is 34.7 Å². The molecule has 7 heteroatoms. The fourth-order valence-corrected chi connectivity index (χ4v) is 2.09. The average Bonchev–Trinajstić information content (AvgIpc) is 2.85. The normalized spacial score (nSPS) is 10.5. The maximum Gasteiger partial charge on any atom is 0.257 e. The molecule has 2 rings (SSSR count). The minimum atomic E-state index is -0.229. The summed E-state index contributed by atoms with van der Waals surface area (Å²) in [6.45, 7) is -0.0000474. The Hall–Kier alpha value is -2.02. The van der Waals surface area contributed by atoms with Crippen LogP contribution in [0.5, 0.6) is 0 Å². The molecule has 0 unspecified atom stereocenters. The predicted molar refractivity (Wildman–Crippen MR) is 76.4 cm³/mol. The third kappa shape index (κ3) is 3.74. The van der Waals surface area contributed by atoms with Crippen molar-refractivity contribution < 1.29 is 14.0 Å². The summed E-state index contributed by atoms with van der Waals surface area (Å²) in [4.78, 5) is 28.6. The van der Waals surface area contributed by atoms with E-state index in [0.717, 1.165) is 5.52 Å². The number of carbonyl (C=O) groups excluding carboxylic acids is 2. The molecule has 1 N–H and O–H groups in total. The van der Waals surface area contributed by atoms with Gasteiger partial charge in [-0.3, -0.25) is 9.59 Å². The van der Waals surface area contributed by atoms with Gasteiger partial charge in [0.25, 0.3) is 5.22 Å². The summed E-state index contributed by atoms with van der Waals surface area (Å²) in [7, 11) is 3.28. The van der Waals surface area contributed by atoms with Crippen molar-refractivity contribution in [3.63, 3.8) is 0 Å². The van der Waals surface area contributed by atoms with E-state index < -0.39 is 0 Å². The van der Waals surface area contributed by atoms with E-state index in [4.69, 9.17) is 4.42 Å². The van der Waals surface area contributed by atoms with Gasteiger partial charge in [0, 0.05) is 14.1 Å². The van der Waals surface area contributed by atoms with Crippen molar-refractivity contribution in [2.45, 2.75) is 5.22 Å². The Morgan fingerprint density at radius 3 is 2.80 bits per heavy atom. The van der Waals surface area contributed by atoms with Crippen molar-refractivity contribution in [1.29, 1.82) is 0 Å². The SMILES string of the molecule is CN(C)C(=O)CNC(=O)CSc1nc2ccccc2o1. The number of amides is 2. The van der Waals surface area contributed by atoms with Crippen LogP contribution in [0.25, 0.3) is 11.1 Å². The molecule has 0 spiro atoms. The number of nitrogens with zero attached hydrogens (tertiary/aromatic N) is 2. The number of aromatic nitrogens is 1. The summed E-state index contributed by atoms with van der Waals surface area (Å²) in [6, 6.07) is 7.40. The molecule has 20 heavy (non-hydrogen) atoms. The minimum absolute atomic E-state index is 0.0000474. The molecule has 0 atom stereocenters. The maximum atomic E-state index is 11.6. The number of carbonyl (C=O) groups is 2. The second-order valence-corrected chi connectivity index (χ2v) is 5.23. The van der Waals surface area contributed by atoms with E-state index in [0.29, 0.717) is 10.8 Å². The molecule has 1 heterocycles. The van der Waals surface area contributed by atoms with Crippen LogP contribution >= 0.6 is 11.8 Å². The van der Waals surface area contributed by atoms with E-state index in [2.05, 4.69) is 10.3 Å². The summed E-state index contributed by atoms with van der Waals surface area (Å²) in [6.07, 6.45) is 0. The van der Waals surface area contributed by atoms with Gasteiger partial charge in [0.15, 0.2) is 5.58 Å². The molecule has 1 aromatic carbocycles. The summed E-state index contributed by atoms with van der Waals surface area (Å²) >= 11 is 1.20. The summed E-state index contributed by atoms with van der Waals surface area (Å²) < 4.78 is 5.48. The molecule has 0 radical (unpaired) electrons. The van der Waals surface area contributed by atoms with Crippen molar-refractivity contribution in [3.05, 3.63) is 24.3 Å². The molecular weight excluding hydrogens is 278 g/mol. The predicted octanol–water partition coefficient (Wildman–Crippen LogP) is 1.12. The number of oxazole rings is 1. The van der Waals surface area contributed by atoms with E-state index in [-0.39, 0.29) is 24.1 Å². The number of nitrogens with one attached hydrogen (secondary N) is 1. The molecule has 2 amide bonds. The number of benzene rings is 1. The molecule has 0 fully saturated rings. The van der Waals surface area contributed by atoms with Crippen LogP contribution in [-0.4, -0.2) is 48.1 Å². The zero-order chi connectivity index (χ0) is 14.5. The van der Waals surface area contributed by atoms with Crippen molar-refractivity contribution in [2.24, 2.45) is 0 Å². The van der Waals surface area contributed by atoms with E-state index >= 15 is 0 Å². The Labute approximate surface area is 120 Å². The first kappa shape index (κ1) is 14.4. The average molecular weight is 293 g/mol. The lowest BCUT2D eigenvalue weighted by Gasteiger charge is -2.10. The van der Waals surface area contributed by atoms with Crippen LogP contribution in [-0.2, 0) is 9.59 Å². The molecule has 1 aromatic heterocycles. The van der Waals surface area contributed by atoms with Crippen LogP contribution in [0.1, 0.15) is 0 Å². The van der Waals surface area contributed by atoms with Crippen LogP contribution in [0.2, 0.25) is 0 Å². The van der Waals surface area contributed by atoms with Gasteiger partial charge in [0.2, 0.25) is 11.8 Å². The van der Waals surface area contributed by atoms with Crippen LogP contribution in [0.3, 0.4) is 0 Å². The Kier molecular flexibility index (Phi) is 4.62. The molecule has 106 valence electrons. The van der Waals surface area contributed by atoms with Gasteiger partial charge in [-0.05, 0) is 12.1 Å². The molecule has 0 aliphatic carbocycles. The van der Waals surface area contributed by atoms with E-state index in [9.17, 15) is 9.59 Å². The number of likely N-dealkylation sites (N-methyl/N-ethyl adjacent to an activating group) is 1. The fraction of sp³-hybridized carbons (Fsp3) is 0.308. The first-order valence-corrected chi connectivity index (χ1v) is 7.00. The Morgan fingerprint density at radius 2 is 2.10 bits per heavy atom. The van der Waals surface area contributed by atoms with Crippen LogP contribution < -0.4 is 5.32 Å². The molecular formula is C13H15N3O3S. The van der Waals surface area contributed by atoms with Crippen molar-refractivity contribution in [1.82, 2.24) is 15.2 Å². The number of thioether (sulfide) groups is 1. The largest absolute Gasteiger partial charge is 0.431 e. The highest BCUT2D eigenvalue weighted by molar-refractivity contribution is 7.99. The van der Waals surface area contributed by atoms with Gasteiger partial charge in [-0.25, -0.2) is 4.98 Å². The number of rotatable bonds is 5. The fourth-order valence-electron chi connectivity index (χ4n) is 1.42. The smallest absolute Gasteiger partial charge is 0.257 e. The second kappa shape index (κ2) is 6.42. The molecule has 0 saturated heterocycles. The topological polar surface area (TPSA) is 75.4 Å². The highest BCUT2D eigenvalue weighted by Gasteiger charge is 2.10. The molecule has 0 bridgehead atoms. The minimum Gasteiger partial charge on any atom is -0.431 e. The third-order valence-corrected chi connectivity index (χ3v) is 3.36. The quantitative estimate of drug-likeness (QED) is 0.836. The summed E-state index contributed by atoms with van der Waals surface area (Å²) in [5, 5.41) is 2.99. The van der Waals surface area contributed by atoms with Crippen molar-refractivity contribution in [2.75, 3.05) is 26.4 Å². The Bertz CT molecular complexity index is 591. The zero-order valence-electron chi connectivity index (χ0n) is 11.3. The van der Waals surface area contributed by atoms with Crippen molar-refractivity contribution in [3.8, 4) is 0 Å². The van der Waals surface area contributed by atoms with Gasteiger partial charge in [0.05, 0.1) is 12.3 Å². The monoisotopic (exact) mass is 293 g/mol. The summed E-state index contributed by atoms with van der Waals surface area (Å²) in [5.74, 6) is -0.217. The maximum absolute atomic E-state index is 11.6. The van der Waals surface area contributed by atoms with Crippen LogP contribution in [0.15, 0.2) is 33.9 Å². The Morgan fingerprint density at radius 1 is 1.35 bits per heavy atom. The third-order valence-electron chi connectivity index (χ3n) is 2.54. The first-order valence-electron chi connectivity index (χ1n) is 6.01. The van der Waals surface area contributed by atoms with Crippen LogP contribution in [0, 0.1) is 0 Å². The van der Waals surface area contributed by atoms with Gasteiger partial charge in [-0.2, -0.15) is 0 Å². The van der Waals surface area contributed by atoms with Gasteiger partial charge >= 0.3 is 0 Å². The lowest BCUT2D eigenvalue weighted by Crippen LogP contribution is -2.36. The highest BCUT2D eigenvalue weighted by Crippen LogP contribution is 2.22. The second-order valence-electron chi connectivity index (χ2n) is 4.30. The van der Waals surface area contributed by atoms with Gasteiger partial charge < -0.3 is 14.6 Å². The first-order chi connectivity index (χ1) is 9.56. The number of para-hydroxylation sites is 2. The van der Waals surface area contributed by atoms with E-state index in [1.54, 1.807) is 14.1 Å². The number of hydrogen-bond donors (Lipinski definition) is 1. The molecule has 0 aliphatic rings. The van der Waals surface area contributed by atoms with Crippen LogP contribution in [0.4, 0.5) is 0 Å². The number of fused-ring (bicyclic) bond motifs is 1. The van der Waals surface area contributed by atoms with Gasteiger partial charge in [-0.15, -0.1) is 0 Å². The molecule has 2 aromatic rings. The standard InChI is InChI=1S/C13H15N3O3S/c1-16(2)12(18)7-14-11(17)8-20-13-15-9-5-3-4-6-10(9)19-13/h3-6H,7-8H2,1-2H3,(H,14,17). The van der Waals surface area contributed by atoms with Gasteiger partial charge in [0.1, 0.15) is 5.52 Å². The lowest BCUT2D eigenvalue weighted by atomic mass is 10.3. The molecule has 0 saturated carbocycles. The Balaban J connectivity index is 1.82. The summed E-state index contributed by atoms with van der Waals surface area (Å²) in [5.41, 5.74) is 1.45. The molecule has 0 aliphatic heterocycles. The van der Waals surface area contributed by atoms with E-state index in [1.165, 1.54) is 16.7 Å². The lowest BCUT2D eigenvalue weighted by molar-refractivity contribution is -0.130. The number of hydrogen-bond acceptors (Lipinski definition) is 5. The van der Waals surface area contributed by atoms with E-state index in [1.807, 2.05) is 24.3 Å². The van der Waals surface area contributed by atoms with Gasteiger partial charge in [-0.1, -0.05) is 23.9 Å². The zero-order valence-corrected chi connectivity index (χ0v) is 12.1. The molecule has 6 nitrogen and oxygen atoms in total. The highest BCUT2D eigenvalue weighted by atomic mass is 32.2.